The van der Waals surface area contributed by atoms with Gasteiger partial charge in [0.25, 0.3) is 5.91 Å². The van der Waals surface area contributed by atoms with E-state index in [1.807, 2.05) is 6.92 Å². The molecule has 0 aliphatic heterocycles. The number of rotatable bonds is 5. The van der Waals surface area contributed by atoms with Gasteiger partial charge in [0.1, 0.15) is 5.82 Å². The smallest absolute Gasteiger partial charge is 0.323 e. The zero-order valence-electron chi connectivity index (χ0n) is 13.0. The molecule has 24 heavy (non-hydrogen) atoms. The van der Waals surface area contributed by atoms with Crippen molar-refractivity contribution < 1.29 is 14.0 Å². The fraction of sp³-hybridized carbons (Fsp3) is 0.176. The Kier molecular flexibility index (Phi) is 6.31. The maximum Gasteiger partial charge on any atom is 0.323 e. The highest BCUT2D eigenvalue weighted by Crippen LogP contribution is 2.22. The number of urea groups is 1. The second-order valence-corrected chi connectivity index (χ2v) is 5.95. The number of nitrogens with one attached hydrogen (secondary N) is 3. The molecule has 3 amide bonds. The van der Waals surface area contributed by atoms with Crippen LogP contribution in [-0.2, 0) is 0 Å². The molecule has 126 valence electrons. The second kappa shape index (κ2) is 8.44. The average molecular weight is 394 g/mol. The number of halogens is 2. The molecule has 0 saturated heterocycles. The minimum atomic E-state index is -0.566. The summed E-state index contributed by atoms with van der Waals surface area (Å²) in [6, 6.07) is 9.95. The largest absolute Gasteiger partial charge is 0.352 e. The van der Waals surface area contributed by atoms with Crippen LogP contribution in [0.15, 0.2) is 46.9 Å². The van der Waals surface area contributed by atoms with Crippen LogP contribution < -0.4 is 16.0 Å². The summed E-state index contributed by atoms with van der Waals surface area (Å²) in [4.78, 5) is 24.3. The van der Waals surface area contributed by atoms with E-state index in [-0.39, 0.29) is 5.91 Å². The molecule has 3 N–H and O–H groups in total. The van der Waals surface area contributed by atoms with Gasteiger partial charge in [0.05, 0.1) is 11.3 Å². The Balaban J connectivity index is 2.14. The molecule has 0 saturated carbocycles. The van der Waals surface area contributed by atoms with Crippen LogP contribution >= 0.6 is 15.9 Å². The van der Waals surface area contributed by atoms with Gasteiger partial charge in [-0.15, -0.1) is 0 Å². The molecule has 0 atom stereocenters. The molecule has 0 radical (unpaired) electrons. The Bertz CT molecular complexity index is 752. The maximum absolute atomic E-state index is 13.2. The fourth-order valence-corrected chi connectivity index (χ4v) is 2.36. The summed E-state index contributed by atoms with van der Waals surface area (Å²) < 4.78 is 13.9. The van der Waals surface area contributed by atoms with Gasteiger partial charge in [-0.05, 0) is 42.8 Å². The summed E-state index contributed by atoms with van der Waals surface area (Å²) in [6.45, 7) is 2.50. The molecule has 5 nitrogen and oxygen atoms in total. The van der Waals surface area contributed by atoms with Crippen LogP contribution in [0.25, 0.3) is 0 Å². The van der Waals surface area contributed by atoms with Crippen LogP contribution in [0, 0.1) is 5.82 Å². The zero-order chi connectivity index (χ0) is 17.5. The van der Waals surface area contributed by atoms with Crippen LogP contribution in [0.5, 0.6) is 0 Å². The topological polar surface area (TPSA) is 70.2 Å². The van der Waals surface area contributed by atoms with Crippen LogP contribution in [0.2, 0.25) is 0 Å². The summed E-state index contributed by atoms with van der Waals surface area (Å²) in [7, 11) is 0. The van der Waals surface area contributed by atoms with Gasteiger partial charge in [-0.2, -0.15) is 0 Å². The van der Waals surface area contributed by atoms with E-state index < -0.39 is 11.8 Å². The Morgan fingerprint density at radius 2 is 1.92 bits per heavy atom. The predicted molar refractivity (Wildman–Crippen MR) is 95.8 cm³/mol. The van der Waals surface area contributed by atoms with Gasteiger partial charge in [0, 0.05) is 16.7 Å². The number of anilines is 2. The van der Waals surface area contributed by atoms with Crippen molar-refractivity contribution in [3.8, 4) is 0 Å². The van der Waals surface area contributed by atoms with Crippen LogP contribution in [0.1, 0.15) is 23.7 Å². The first-order valence-corrected chi connectivity index (χ1v) is 8.20. The second-order valence-electron chi connectivity index (χ2n) is 5.04. The maximum atomic E-state index is 13.2. The summed E-state index contributed by atoms with van der Waals surface area (Å²) in [5.74, 6) is -0.722. The number of amides is 3. The highest BCUT2D eigenvalue weighted by atomic mass is 79.9. The first-order valence-electron chi connectivity index (χ1n) is 7.41. The first kappa shape index (κ1) is 17.9. The van der Waals surface area contributed by atoms with E-state index in [1.165, 1.54) is 18.2 Å². The SMILES string of the molecule is CCCNC(=O)c1ccc(Br)cc1NC(=O)Nc1cccc(F)c1. The molecule has 7 heteroatoms. The van der Waals surface area contributed by atoms with E-state index in [9.17, 15) is 14.0 Å². The van der Waals surface area contributed by atoms with Crippen molar-refractivity contribution in [3.05, 3.63) is 58.3 Å². The van der Waals surface area contributed by atoms with Crippen molar-refractivity contribution in [2.24, 2.45) is 0 Å². The third-order valence-electron chi connectivity index (χ3n) is 3.09. The highest BCUT2D eigenvalue weighted by molar-refractivity contribution is 9.10. The normalized spacial score (nSPS) is 10.1. The van der Waals surface area contributed by atoms with Crippen LogP contribution in [-0.4, -0.2) is 18.5 Å². The van der Waals surface area contributed by atoms with E-state index in [4.69, 9.17) is 0 Å². The highest BCUT2D eigenvalue weighted by Gasteiger charge is 2.14. The molecule has 0 bridgehead atoms. The Hall–Kier alpha value is -2.41. The van der Waals surface area contributed by atoms with Gasteiger partial charge >= 0.3 is 6.03 Å². The lowest BCUT2D eigenvalue weighted by Crippen LogP contribution is -2.27. The van der Waals surface area contributed by atoms with E-state index in [2.05, 4.69) is 31.9 Å². The first-order chi connectivity index (χ1) is 11.5. The third kappa shape index (κ3) is 5.06. The Morgan fingerprint density at radius 1 is 1.12 bits per heavy atom. The zero-order valence-corrected chi connectivity index (χ0v) is 14.6. The molecule has 0 aliphatic rings. The monoisotopic (exact) mass is 393 g/mol. The predicted octanol–water partition coefficient (Wildman–Crippen LogP) is 4.37. The molecule has 2 rings (SSSR count). The quantitative estimate of drug-likeness (QED) is 0.705. The van der Waals surface area contributed by atoms with Gasteiger partial charge < -0.3 is 16.0 Å². The van der Waals surface area contributed by atoms with Crippen LogP contribution in [0.4, 0.5) is 20.6 Å². The molecule has 0 spiro atoms. The van der Waals surface area contributed by atoms with Crippen molar-refractivity contribution >= 4 is 39.2 Å². The number of carbonyl (C=O) groups is 2. The summed E-state index contributed by atoms with van der Waals surface area (Å²) in [5.41, 5.74) is 1.02. The van der Waals surface area contributed by atoms with E-state index in [1.54, 1.807) is 24.3 Å². The van der Waals surface area contributed by atoms with E-state index in [0.29, 0.717) is 23.5 Å². The molecule has 0 heterocycles. The molecule has 2 aromatic carbocycles. The molecular formula is C17H17BrFN3O2. The Labute approximate surface area is 147 Å². The number of hydrogen-bond acceptors (Lipinski definition) is 2. The summed E-state index contributed by atoms with van der Waals surface area (Å²) in [5, 5.41) is 7.90. The lowest BCUT2D eigenvalue weighted by molar-refractivity contribution is 0.0954. The Morgan fingerprint density at radius 3 is 2.62 bits per heavy atom. The van der Waals surface area contributed by atoms with Crippen molar-refractivity contribution in [2.45, 2.75) is 13.3 Å². The lowest BCUT2D eigenvalue weighted by atomic mass is 10.1. The van der Waals surface area contributed by atoms with Crippen molar-refractivity contribution in [2.75, 3.05) is 17.2 Å². The van der Waals surface area contributed by atoms with E-state index in [0.717, 1.165) is 10.9 Å². The number of hydrogen-bond donors (Lipinski definition) is 3. The lowest BCUT2D eigenvalue weighted by Gasteiger charge is -2.12. The van der Waals surface area contributed by atoms with Gasteiger partial charge in [-0.25, -0.2) is 9.18 Å². The van der Waals surface area contributed by atoms with Gasteiger partial charge in [-0.3, -0.25) is 4.79 Å². The molecule has 0 fully saturated rings. The molecular weight excluding hydrogens is 377 g/mol. The fourth-order valence-electron chi connectivity index (χ4n) is 2.00. The average Bonchev–Trinajstić information content (AvgIpc) is 2.52. The van der Waals surface area contributed by atoms with E-state index >= 15 is 0 Å². The summed E-state index contributed by atoms with van der Waals surface area (Å²) in [6.07, 6.45) is 0.811. The molecule has 2 aromatic rings. The van der Waals surface area contributed by atoms with Gasteiger partial charge in [0.15, 0.2) is 0 Å². The van der Waals surface area contributed by atoms with Crippen molar-refractivity contribution in [1.29, 1.82) is 0 Å². The van der Waals surface area contributed by atoms with Gasteiger partial charge in [0.2, 0.25) is 0 Å². The van der Waals surface area contributed by atoms with Crippen molar-refractivity contribution in [3.63, 3.8) is 0 Å². The third-order valence-corrected chi connectivity index (χ3v) is 3.59. The number of carbonyl (C=O) groups excluding carboxylic acids is 2. The number of benzene rings is 2. The minimum absolute atomic E-state index is 0.273. The molecule has 0 aliphatic carbocycles. The van der Waals surface area contributed by atoms with Gasteiger partial charge in [-0.1, -0.05) is 28.9 Å². The minimum Gasteiger partial charge on any atom is -0.352 e. The molecule has 0 unspecified atom stereocenters. The summed E-state index contributed by atoms with van der Waals surface area (Å²) >= 11 is 3.31. The standard InChI is InChI=1S/C17H17BrFN3O2/c1-2-8-20-16(23)14-7-6-11(18)9-15(14)22-17(24)21-13-5-3-4-12(19)10-13/h3-7,9-10H,2,8H2,1H3,(H,20,23)(H2,21,22,24). The van der Waals surface area contributed by atoms with Crippen LogP contribution in [0.3, 0.4) is 0 Å². The van der Waals surface area contributed by atoms with Crippen molar-refractivity contribution in [1.82, 2.24) is 5.32 Å². The molecule has 0 aromatic heterocycles.